The number of nitrogens with zero attached hydrogens (tertiary/aromatic N) is 1. The second kappa shape index (κ2) is 8.40. The highest BCUT2D eigenvalue weighted by Crippen LogP contribution is 2.31. The average molecular weight is 403 g/mol. The van der Waals surface area contributed by atoms with E-state index in [2.05, 4.69) is 9.47 Å². The Balaban J connectivity index is 2.46. The predicted octanol–water partition coefficient (Wildman–Crippen LogP) is 2.95. The van der Waals surface area contributed by atoms with Gasteiger partial charge in [-0.15, -0.1) is 13.2 Å². The Morgan fingerprint density at radius 2 is 1.63 bits per heavy atom. The van der Waals surface area contributed by atoms with E-state index in [-0.39, 0.29) is 6.54 Å². The summed E-state index contributed by atoms with van der Waals surface area (Å²) in [6.45, 7) is -0.910. The molecule has 0 bridgehead atoms. The minimum atomic E-state index is -5.07. The van der Waals surface area contributed by atoms with Crippen LogP contribution in [0.3, 0.4) is 0 Å². The maximum atomic E-state index is 13.0. The van der Waals surface area contributed by atoms with Crippen LogP contribution in [0.25, 0.3) is 0 Å². The molecule has 0 amide bonds. The first-order valence-electron chi connectivity index (χ1n) is 7.59. The molecule has 146 valence electrons. The fraction of sp³-hybridized carbons (Fsp3) is 0.235. The Morgan fingerprint density at radius 3 is 2.22 bits per heavy atom. The van der Waals surface area contributed by atoms with Gasteiger partial charge in [0, 0.05) is 6.54 Å². The molecule has 0 spiro atoms. The first-order chi connectivity index (χ1) is 12.6. The van der Waals surface area contributed by atoms with Crippen molar-refractivity contribution in [2.75, 3.05) is 13.7 Å². The van der Waals surface area contributed by atoms with E-state index in [9.17, 15) is 26.4 Å². The van der Waals surface area contributed by atoms with Crippen LogP contribution in [0.5, 0.6) is 5.75 Å². The van der Waals surface area contributed by atoms with Gasteiger partial charge in [-0.1, -0.05) is 42.5 Å². The lowest BCUT2D eigenvalue weighted by molar-refractivity contribution is -0.275. The SMILES string of the molecule is COC(=O)CN(Cc1ccccc1)S(=O)(=O)c1ccccc1OC(F)(F)F. The zero-order chi connectivity index (χ0) is 20.1. The molecule has 27 heavy (non-hydrogen) atoms. The molecule has 0 heterocycles. The molecule has 0 aliphatic carbocycles. The van der Waals surface area contributed by atoms with Crippen molar-refractivity contribution in [3.05, 3.63) is 60.2 Å². The molecule has 0 N–H and O–H groups in total. The van der Waals surface area contributed by atoms with Crippen LogP contribution in [0, 0.1) is 0 Å². The Labute approximate surface area is 154 Å². The molecule has 2 rings (SSSR count). The number of benzene rings is 2. The Bertz CT molecular complexity index is 885. The van der Waals surface area contributed by atoms with Crippen molar-refractivity contribution < 1.29 is 35.9 Å². The normalized spacial score (nSPS) is 12.0. The summed E-state index contributed by atoms with van der Waals surface area (Å²) < 4.78 is 72.8. The van der Waals surface area contributed by atoms with Crippen molar-refractivity contribution in [2.24, 2.45) is 0 Å². The topological polar surface area (TPSA) is 72.9 Å². The van der Waals surface area contributed by atoms with Gasteiger partial charge in [0.2, 0.25) is 10.0 Å². The van der Waals surface area contributed by atoms with Gasteiger partial charge in [0.05, 0.1) is 7.11 Å². The lowest BCUT2D eigenvalue weighted by atomic mass is 10.2. The van der Waals surface area contributed by atoms with Gasteiger partial charge >= 0.3 is 12.3 Å². The summed E-state index contributed by atoms with van der Waals surface area (Å²) in [5.74, 6) is -1.74. The quantitative estimate of drug-likeness (QED) is 0.665. The third-order valence-corrected chi connectivity index (χ3v) is 5.26. The number of carbonyl (C=O) groups is 1. The van der Waals surface area contributed by atoms with Crippen LogP contribution in [-0.4, -0.2) is 38.7 Å². The summed E-state index contributed by atoms with van der Waals surface area (Å²) in [5, 5.41) is 0. The molecule has 0 radical (unpaired) electrons. The van der Waals surface area contributed by atoms with Crippen LogP contribution in [0.4, 0.5) is 13.2 Å². The third-order valence-electron chi connectivity index (χ3n) is 3.43. The number of hydrogen-bond donors (Lipinski definition) is 0. The van der Waals surface area contributed by atoms with Gasteiger partial charge in [-0.3, -0.25) is 4.79 Å². The molecule has 2 aromatic carbocycles. The van der Waals surface area contributed by atoms with Crippen molar-refractivity contribution in [1.82, 2.24) is 4.31 Å². The molecule has 0 atom stereocenters. The lowest BCUT2D eigenvalue weighted by Gasteiger charge is -2.22. The number of para-hydroxylation sites is 1. The van der Waals surface area contributed by atoms with E-state index in [1.165, 1.54) is 12.1 Å². The molecular formula is C17H16F3NO5S. The van der Waals surface area contributed by atoms with Gasteiger partial charge in [-0.05, 0) is 17.7 Å². The van der Waals surface area contributed by atoms with E-state index in [0.29, 0.717) is 5.56 Å². The van der Waals surface area contributed by atoms with Gasteiger partial charge in [-0.2, -0.15) is 4.31 Å². The fourth-order valence-electron chi connectivity index (χ4n) is 2.23. The Kier molecular flexibility index (Phi) is 6.45. The highest BCUT2D eigenvalue weighted by atomic mass is 32.2. The minimum Gasteiger partial charge on any atom is -0.468 e. The lowest BCUT2D eigenvalue weighted by Crippen LogP contribution is -2.36. The van der Waals surface area contributed by atoms with E-state index in [4.69, 9.17) is 0 Å². The number of esters is 1. The number of alkyl halides is 3. The number of halogens is 3. The molecule has 0 aromatic heterocycles. The van der Waals surface area contributed by atoms with Crippen LogP contribution < -0.4 is 4.74 Å². The molecule has 2 aromatic rings. The minimum absolute atomic E-state index is 0.237. The number of sulfonamides is 1. The highest BCUT2D eigenvalue weighted by Gasteiger charge is 2.36. The van der Waals surface area contributed by atoms with Gasteiger partial charge in [0.15, 0.2) is 0 Å². The van der Waals surface area contributed by atoms with Crippen molar-refractivity contribution in [3.63, 3.8) is 0 Å². The summed E-state index contributed by atoms with van der Waals surface area (Å²) >= 11 is 0. The van der Waals surface area contributed by atoms with Crippen LogP contribution in [0.1, 0.15) is 5.56 Å². The van der Waals surface area contributed by atoms with Crippen molar-refractivity contribution in [2.45, 2.75) is 17.8 Å². The van der Waals surface area contributed by atoms with Gasteiger partial charge in [0.1, 0.15) is 17.2 Å². The zero-order valence-corrected chi connectivity index (χ0v) is 15.0. The summed E-state index contributed by atoms with van der Waals surface area (Å²) in [7, 11) is -3.42. The summed E-state index contributed by atoms with van der Waals surface area (Å²) in [6.07, 6.45) is -5.07. The van der Waals surface area contributed by atoms with Crippen molar-refractivity contribution in [1.29, 1.82) is 0 Å². The predicted molar refractivity (Wildman–Crippen MR) is 89.2 cm³/mol. The number of rotatable bonds is 7. The van der Waals surface area contributed by atoms with Crippen molar-refractivity contribution >= 4 is 16.0 Å². The molecule has 0 unspecified atom stereocenters. The number of hydrogen-bond acceptors (Lipinski definition) is 5. The summed E-state index contributed by atoms with van der Waals surface area (Å²) in [5.41, 5.74) is 0.541. The van der Waals surface area contributed by atoms with Crippen molar-refractivity contribution in [3.8, 4) is 5.75 Å². The smallest absolute Gasteiger partial charge is 0.468 e. The van der Waals surface area contributed by atoms with E-state index < -0.39 is 39.5 Å². The Morgan fingerprint density at radius 1 is 1.04 bits per heavy atom. The molecule has 0 fully saturated rings. The largest absolute Gasteiger partial charge is 0.573 e. The molecule has 0 aliphatic rings. The van der Waals surface area contributed by atoms with E-state index in [0.717, 1.165) is 23.5 Å². The number of carbonyl (C=O) groups excluding carboxylic acids is 1. The summed E-state index contributed by atoms with van der Waals surface area (Å²) in [4.78, 5) is 11.0. The first kappa shape index (κ1) is 20.7. The van der Waals surface area contributed by atoms with Crippen LogP contribution in [0.2, 0.25) is 0 Å². The highest BCUT2D eigenvalue weighted by molar-refractivity contribution is 7.89. The second-order valence-corrected chi connectivity index (χ2v) is 7.24. The van der Waals surface area contributed by atoms with Gasteiger partial charge < -0.3 is 9.47 Å². The first-order valence-corrected chi connectivity index (χ1v) is 9.03. The maximum Gasteiger partial charge on any atom is 0.573 e. The molecule has 0 saturated carbocycles. The van der Waals surface area contributed by atoms with E-state index in [1.54, 1.807) is 30.3 Å². The average Bonchev–Trinajstić information content (AvgIpc) is 2.61. The number of ether oxygens (including phenoxy) is 2. The van der Waals surface area contributed by atoms with Crippen LogP contribution in [0.15, 0.2) is 59.5 Å². The fourth-order valence-corrected chi connectivity index (χ4v) is 3.72. The zero-order valence-electron chi connectivity index (χ0n) is 14.1. The molecule has 10 heteroatoms. The summed E-state index contributed by atoms with van der Waals surface area (Å²) in [6, 6.07) is 12.6. The van der Waals surface area contributed by atoms with Gasteiger partial charge in [0.25, 0.3) is 0 Å². The molecule has 0 saturated heterocycles. The maximum absolute atomic E-state index is 13.0. The molecular weight excluding hydrogens is 387 g/mol. The second-order valence-electron chi connectivity index (χ2n) is 5.33. The van der Waals surface area contributed by atoms with Crippen LogP contribution in [-0.2, 0) is 26.1 Å². The monoisotopic (exact) mass is 403 g/mol. The van der Waals surface area contributed by atoms with Crippen LogP contribution >= 0.6 is 0 Å². The molecule has 6 nitrogen and oxygen atoms in total. The molecule has 0 aliphatic heterocycles. The van der Waals surface area contributed by atoms with E-state index in [1.807, 2.05) is 0 Å². The number of methoxy groups -OCH3 is 1. The third kappa shape index (κ3) is 5.69. The van der Waals surface area contributed by atoms with E-state index >= 15 is 0 Å². The Hall–Kier alpha value is -2.59. The standard InChI is InChI=1S/C17H16F3NO5S/c1-25-16(22)12-21(11-13-7-3-2-4-8-13)27(23,24)15-10-6-5-9-14(15)26-17(18,19)20/h2-10H,11-12H2,1H3. The van der Waals surface area contributed by atoms with Gasteiger partial charge in [-0.25, -0.2) is 8.42 Å².